The summed E-state index contributed by atoms with van der Waals surface area (Å²) >= 11 is 1.55. The van der Waals surface area contributed by atoms with Crippen LogP contribution in [0.4, 0.5) is 0 Å². The molecule has 0 saturated heterocycles. The van der Waals surface area contributed by atoms with E-state index in [4.69, 9.17) is 0 Å². The molecule has 0 bridgehead atoms. The van der Waals surface area contributed by atoms with Crippen molar-refractivity contribution < 1.29 is 9.53 Å². The van der Waals surface area contributed by atoms with Crippen LogP contribution >= 0.6 is 11.8 Å². The molecule has 0 spiro atoms. The summed E-state index contributed by atoms with van der Waals surface area (Å²) in [7, 11) is 1.39. The molecule has 1 N–H and O–H groups in total. The van der Waals surface area contributed by atoms with Gasteiger partial charge in [-0.1, -0.05) is 24.8 Å². The molecule has 4 nitrogen and oxygen atoms in total. The van der Waals surface area contributed by atoms with E-state index >= 15 is 0 Å². The lowest BCUT2D eigenvalue weighted by atomic mass is 10.2. The van der Waals surface area contributed by atoms with Crippen molar-refractivity contribution in [2.75, 3.05) is 12.9 Å². The minimum atomic E-state index is -0.252. The van der Waals surface area contributed by atoms with Crippen LogP contribution in [0.1, 0.15) is 13.3 Å². The van der Waals surface area contributed by atoms with Crippen LogP contribution in [0.15, 0.2) is 29.2 Å². The SMILES string of the molecule is CC/C(=C/CSc1ncc[nH]1)C(=O)OC. The molecule has 1 aromatic heterocycles. The van der Waals surface area contributed by atoms with Gasteiger partial charge in [-0.05, 0) is 6.42 Å². The monoisotopic (exact) mass is 226 g/mol. The summed E-state index contributed by atoms with van der Waals surface area (Å²) in [4.78, 5) is 18.3. The van der Waals surface area contributed by atoms with Gasteiger partial charge in [0.05, 0.1) is 7.11 Å². The highest BCUT2D eigenvalue weighted by Gasteiger charge is 2.05. The lowest BCUT2D eigenvalue weighted by Gasteiger charge is -2.01. The van der Waals surface area contributed by atoms with Crippen LogP contribution in [0.2, 0.25) is 0 Å². The molecule has 0 unspecified atom stereocenters. The second kappa shape index (κ2) is 6.29. The van der Waals surface area contributed by atoms with Crippen molar-refractivity contribution in [3.63, 3.8) is 0 Å². The van der Waals surface area contributed by atoms with Gasteiger partial charge in [-0.2, -0.15) is 0 Å². The maximum atomic E-state index is 11.2. The lowest BCUT2D eigenvalue weighted by Crippen LogP contribution is -2.04. The topological polar surface area (TPSA) is 55.0 Å². The number of imidazole rings is 1. The maximum absolute atomic E-state index is 11.2. The van der Waals surface area contributed by atoms with Crippen molar-refractivity contribution >= 4 is 17.7 Å². The van der Waals surface area contributed by atoms with Gasteiger partial charge < -0.3 is 9.72 Å². The Morgan fingerprint density at radius 1 is 1.73 bits per heavy atom. The van der Waals surface area contributed by atoms with Crippen LogP contribution < -0.4 is 0 Å². The first kappa shape index (κ1) is 11.8. The summed E-state index contributed by atoms with van der Waals surface area (Å²) in [6, 6.07) is 0. The molecule has 0 radical (unpaired) electrons. The zero-order valence-corrected chi connectivity index (χ0v) is 9.63. The van der Waals surface area contributed by atoms with Gasteiger partial charge in [-0.25, -0.2) is 9.78 Å². The van der Waals surface area contributed by atoms with E-state index in [1.807, 2.05) is 13.0 Å². The van der Waals surface area contributed by atoms with Crippen molar-refractivity contribution in [2.24, 2.45) is 0 Å². The predicted molar refractivity (Wildman–Crippen MR) is 59.7 cm³/mol. The van der Waals surface area contributed by atoms with E-state index in [0.29, 0.717) is 17.7 Å². The van der Waals surface area contributed by atoms with E-state index < -0.39 is 0 Å². The molecule has 1 heterocycles. The zero-order valence-electron chi connectivity index (χ0n) is 8.82. The highest BCUT2D eigenvalue weighted by atomic mass is 32.2. The number of hydrogen-bond donors (Lipinski definition) is 1. The molecule has 0 amide bonds. The molecule has 1 rings (SSSR count). The number of thioether (sulfide) groups is 1. The highest BCUT2D eigenvalue weighted by molar-refractivity contribution is 7.99. The molecule has 82 valence electrons. The first-order valence-corrected chi connectivity index (χ1v) is 5.66. The van der Waals surface area contributed by atoms with Crippen LogP contribution in [0.3, 0.4) is 0 Å². The first-order valence-electron chi connectivity index (χ1n) is 4.67. The molecule has 0 aliphatic carbocycles. The second-order valence-electron chi connectivity index (χ2n) is 2.78. The minimum Gasteiger partial charge on any atom is -0.466 e. The fraction of sp³-hybridized carbons (Fsp3) is 0.400. The first-order chi connectivity index (χ1) is 7.27. The van der Waals surface area contributed by atoms with Crippen molar-refractivity contribution in [1.29, 1.82) is 0 Å². The number of methoxy groups -OCH3 is 1. The smallest absolute Gasteiger partial charge is 0.333 e. The van der Waals surface area contributed by atoms with Crippen LogP contribution in [0.25, 0.3) is 0 Å². The van der Waals surface area contributed by atoms with Crippen molar-refractivity contribution in [1.82, 2.24) is 9.97 Å². The van der Waals surface area contributed by atoms with Crippen LogP contribution in [0.5, 0.6) is 0 Å². The van der Waals surface area contributed by atoms with Crippen molar-refractivity contribution in [2.45, 2.75) is 18.5 Å². The molecule has 0 aliphatic rings. The quantitative estimate of drug-likeness (QED) is 0.474. The van der Waals surface area contributed by atoms with Crippen molar-refractivity contribution in [3.8, 4) is 0 Å². The lowest BCUT2D eigenvalue weighted by molar-refractivity contribution is -0.136. The molecule has 0 atom stereocenters. The normalized spacial score (nSPS) is 11.5. The fourth-order valence-electron chi connectivity index (χ4n) is 1.05. The third-order valence-electron chi connectivity index (χ3n) is 1.85. The molecule has 0 fully saturated rings. The largest absolute Gasteiger partial charge is 0.466 e. The Balaban J connectivity index is 2.44. The van der Waals surface area contributed by atoms with Gasteiger partial charge in [0.1, 0.15) is 0 Å². The Bertz CT molecular complexity index is 333. The van der Waals surface area contributed by atoms with E-state index in [1.54, 1.807) is 24.2 Å². The summed E-state index contributed by atoms with van der Waals surface area (Å²) in [5.74, 6) is 0.462. The third kappa shape index (κ3) is 3.79. The number of carbonyl (C=O) groups excluding carboxylic acids is 1. The summed E-state index contributed by atoms with van der Waals surface area (Å²) < 4.78 is 4.65. The number of hydrogen-bond acceptors (Lipinski definition) is 4. The number of H-pyrrole nitrogens is 1. The Hall–Kier alpha value is -1.23. The molecular weight excluding hydrogens is 212 g/mol. The Morgan fingerprint density at radius 3 is 3.07 bits per heavy atom. The average Bonchev–Trinajstić information content (AvgIpc) is 2.76. The molecule has 0 saturated carbocycles. The minimum absolute atomic E-state index is 0.252. The zero-order chi connectivity index (χ0) is 11.1. The number of aromatic amines is 1. The molecule has 15 heavy (non-hydrogen) atoms. The summed E-state index contributed by atoms with van der Waals surface area (Å²) in [6.45, 7) is 1.93. The van der Waals surface area contributed by atoms with E-state index in [-0.39, 0.29) is 5.97 Å². The van der Waals surface area contributed by atoms with Gasteiger partial charge >= 0.3 is 5.97 Å². The molecule has 5 heteroatoms. The highest BCUT2D eigenvalue weighted by Crippen LogP contribution is 2.13. The van der Waals surface area contributed by atoms with Crippen LogP contribution in [-0.2, 0) is 9.53 Å². The Labute approximate surface area is 93.1 Å². The van der Waals surface area contributed by atoms with Crippen LogP contribution in [0, 0.1) is 0 Å². The van der Waals surface area contributed by atoms with E-state index in [2.05, 4.69) is 14.7 Å². The van der Waals surface area contributed by atoms with Gasteiger partial charge in [-0.15, -0.1) is 0 Å². The molecular formula is C10H14N2O2S. The maximum Gasteiger partial charge on any atom is 0.333 e. The van der Waals surface area contributed by atoms with Gasteiger partial charge in [0.25, 0.3) is 0 Å². The third-order valence-corrected chi connectivity index (χ3v) is 2.68. The molecule has 0 aliphatic heterocycles. The van der Waals surface area contributed by atoms with Gasteiger partial charge in [0, 0.05) is 23.7 Å². The number of aromatic nitrogens is 2. The second-order valence-corrected chi connectivity index (χ2v) is 3.79. The van der Waals surface area contributed by atoms with E-state index in [9.17, 15) is 4.79 Å². The summed E-state index contributed by atoms with van der Waals surface area (Å²) in [5, 5.41) is 0.853. The predicted octanol–water partition coefficient (Wildman–Crippen LogP) is 2.01. The van der Waals surface area contributed by atoms with Gasteiger partial charge in [0.2, 0.25) is 0 Å². The van der Waals surface area contributed by atoms with E-state index in [0.717, 1.165) is 5.16 Å². The summed E-state index contributed by atoms with van der Waals surface area (Å²) in [6.07, 6.45) is 6.03. The standard InChI is InChI=1S/C10H14N2O2S/c1-3-8(9(13)14-2)4-7-15-10-11-5-6-12-10/h4-6H,3,7H2,1-2H3,(H,11,12)/b8-4-. The number of nitrogens with one attached hydrogen (secondary N) is 1. The van der Waals surface area contributed by atoms with E-state index in [1.165, 1.54) is 7.11 Å². The van der Waals surface area contributed by atoms with Crippen molar-refractivity contribution in [3.05, 3.63) is 24.0 Å². The number of nitrogens with zero attached hydrogens (tertiary/aromatic N) is 1. The van der Waals surface area contributed by atoms with Crippen LogP contribution in [-0.4, -0.2) is 28.8 Å². The summed E-state index contributed by atoms with van der Waals surface area (Å²) in [5.41, 5.74) is 0.705. The number of esters is 1. The Morgan fingerprint density at radius 2 is 2.53 bits per heavy atom. The van der Waals surface area contributed by atoms with Gasteiger partial charge in [-0.3, -0.25) is 0 Å². The number of ether oxygens (including phenoxy) is 1. The molecule has 0 aromatic carbocycles. The fourth-order valence-corrected chi connectivity index (χ4v) is 1.78. The number of rotatable bonds is 5. The number of carbonyl (C=O) groups is 1. The van der Waals surface area contributed by atoms with Gasteiger partial charge in [0.15, 0.2) is 5.16 Å². The molecule has 1 aromatic rings. The average molecular weight is 226 g/mol. The Kier molecular flexibility index (Phi) is 4.97.